The molecule has 0 saturated heterocycles. The molecule has 0 aromatic heterocycles. The van der Waals surface area contributed by atoms with E-state index >= 15 is 0 Å². The first-order valence-electron chi connectivity index (χ1n) is 5.49. The normalized spacial score (nSPS) is 10.4. The van der Waals surface area contributed by atoms with Crippen molar-refractivity contribution in [1.29, 1.82) is 0 Å². The molecule has 0 aliphatic carbocycles. The van der Waals surface area contributed by atoms with Crippen molar-refractivity contribution in [3.05, 3.63) is 27.7 Å². The van der Waals surface area contributed by atoms with Crippen LogP contribution in [-0.2, 0) is 4.74 Å². The standard InChI is InChI=1S/C12H14Cl2O4/c1-2-17-4-3-5-18-11-9(12(15)16)6-8(13)7-10(11)14/h6-7H,2-5H2,1H3,(H,15,16). The van der Waals surface area contributed by atoms with Gasteiger partial charge in [-0.2, -0.15) is 0 Å². The Morgan fingerprint density at radius 2 is 2.06 bits per heavy atom. The second-order valence-corrected chi connectivity index (χ2v) is 4.31. The molecule has 0 bridgehead atoms. The smallest absolute Gasteiger partial charge is 0.339 e. The van der Waals surface area contributed by atoms with Crippen molar-refractivity contribution in [2.75, 3.05) is 19.8 Å². The van der Waals surface area contributed by atoms with Crippen LogP contribution in [0.1, 0.15) is 23.7 Å². The van der Waals surface area contributed by atoms with Crippen LogP contribution in [0.5, 0.6) is 5.75 Å². The molecule has 0 radical (unpaired) electrons. The number of benzene rings is 1. The van der Waals surface area contributed by atoms with Gasteiger partial charge in [-0.05, 0) is 19.1 Å². The highest BCUT2D eigenvalue weighted by atomic mass is 35.5. The minimum absolute atomic E-state index is 0.0380. The molecule has 0 atom stereocenters. The van der Waals surface area contributed by atoms with E-state index in [1.54, 1.807) is 0 Å². The first-order valence-corrected chi connectivity index (χ1v) is 6.24. The van der Waals surface area contributed by atoms with Crippen molar-refractivity contribution in [3.8, 4) is 5.75 Å². The third-order valence-electron chi connectivity index (χ3n) is 2.12. The number of carbonyl (C=O) groups is 1. The number of ether oxygens (including phenoxy) is 2. The van der Waals surface area contributed by atoms with E-state index in [0.717, 1.165) is 0 Å². The fraction of sp³-hybridized carbons (Fsp3) is 0.417. The van der Waals surface area contributed by atoms with Crippen LogP contribution in [0.25, 0.3) is 0 Å². The summed E-state index contributed by atoms with van der Waals surface area (Å²) >= 11 is 11.7. The van der Waals surface area contributed by atoms with Gasteiger partial charge in [0, 0.05) is 24.7 Å². The zero-order valence-electron chi connectivity index (χ0n) is 9.91. The van der Waals surface area contributed by atoms with E-state index in [2.05, 4.69) is 0 Å². The molecule has 4 nitrogen and oxygen atoms in total. The Bertz CT molecular complexity index is 421. The molecule has 1 aromatic carbocycles. The lowest BCUT2D eigenvalue weighted by atomic mass is 10.2. The Morgan fingerprint density at radius 1 is 1.33 bits per heavy atom. The van der Waals surface area contributed by atoms with Gasteiger partial charge in [-0.3, -0.25) is 0 Å². The summed E-state index contributed by atoms with van der Waals surface area (Å²) in [7, 11) is 0. The zero-order chi connectivity index (χ0) is 13.5. The first-order chi connectivity index (χ1) is 8.56. The second-order valence-electron chi connectivity index (χ2n) is 3.47. The summed E-state index contributed by atoms with van der Waals surface area (Å²) in [6.07, 6.45) is 0.659. The van der Waals surface area contributed by atoms with Crippen LogP contribution in [0.15, 0.2) is 12.1 Å². The van der Waals surface area contributed by atoms with E-state index in [1.165, 1.54) is 12.1 Å². The lowest BCUT2D eigenvalue weighted by Gasteiger charge is -2.11. The monoisotopic (exact) mass is 292 g/mol. The molecule has 1 rings (SSSR count). The number of rotatable bonds is 7. The van der Waals surface area contributed by atoms with Gasteiger partial charge in [0.25, 0.3) is 0 Å². The van der Waals surface area contributed by atoms with Gasteiger partial charge in [-0.15, -0.1) is 0 Å². The third-order valence-corrected chi connectivity index (χ3v) is 2.62. The molecule has 100 valence electrons. The Labute approximate surface area is 115 Å². The zero-order valence-corrected chi connectivity index (χ0v) is 11.4. The van der Waals surface area contributed by atoms with Crippen LogP contribution in [0.3, 0.4) is 0 Å². The van der Waals surface area contributed by atoms with E-state index in [0.29, 0.717) is 26.2 Å². The molecule has 0 fully saturated rings. The van der Waals surface area contributed by atoms with Gasteiger partial charge < -0.3 is 14.6 Å². The van der Waals surface area contributed by atoms with E-state index in [9.17, 15) is 4.79 Å². The van der Waals surface area contributed by atoms with Crippen LogP contribution in [0, 0.1) is 0 Å². The number of hydrogen-bond acceptors (Lipinski definition) is 3. The molecule has 1 N–H and O–H groups in total. The summed E-state index contributed by atoms with van der Waals surface area (Å²) in [6.45, 7) is 3.44. The van der Waals surface area contributed by atoms with Gasteiger partial charge in [0.1, 0.15) is 5.56 Å². The Balaban J connectivity index is 2.71. The summed E-state index contributed by atoms with van der Waals surface area (Å²) in [4.78, 5) is 11.0. The molecule has 0 unspecified atom stereocenters. The van der Waals surface area contributed by atoms with Crippen molar-refractivity contribution < 1.29 is 19.4 Å². The minimum Gasteiger partial charge on any atom is -0.491 e. The second kappa shape index (κ2) is 7.46. The maximum Gasteiger partial charge on any atom is 0.339 e. The molecular formula is C12H14Cl2O4. The highest BCUT2D eigenvalue weighted by Crippen LogP contribution is 2.32. The average Bonchev–Trinajstić information content (AvgIpc) is 2.30. The van der Waals surface area contributed by atoms with E-state index < -0.39 is 5.97 Å². The van der Waals surface area contributed by atoms with Gasteiger partial charge >= 0.3 is 5.97 Å². The number of hydrogen-bond donors (Lipinski definition) is 1. The Kier molecular flexibility index (Phi) is 6.25. The Morgan fingerprint density at radius 3 is 2.67 bits per heavy atom. The molecule has 0 heterocycles. The highest BCUT2D eigenvalue weighted by Gasteiger charge is 2.16. The van der Waals surface area contributed by atoms with E-state index in [1.807, 2.05) is 6.92 Å². The quantitative estimate of drug-likeness (QED) is 0.782. The van der Waals surface area contributed by atoms with E-state index in [-0.39, 0.29) is 21.4 Å². The summed E-state index contributed by atoms with van der Waals surface area (Å²) < 4.78 is 10.5. The van der Waals surface area contributed by atoms with Crippen molar-refractivity contribution in [1.82, 2.24) is 0 Å². The van der Waals surface area contributed by atoms with Gasteiger partial charge in [0.05, 0.1) is 11.6 Å². The summed E-state index contributed by atoms with van der Waals surface area (Å²) in [5, 5.41) is 9.49. The first kappa shape index (κ1) is 15.1. The summed E-state index contributed by atoms with van der Waals surface area (Å²) in [5.74, 6) is -0.982. The molecule has 0 aliphatic heterocycles. The van der Waals surface area contributed by atoms with Crippen LogP contribution < -0.4 is 4.74 Å². The van der Waals surface area contributed by atoms with Gasteiger partial charge in [0.2, 0.25) is 0 Å². The van der Waals surface area contributed by atoms with Gasteiger partial charge in [-0.25, -0.2) is 4.79 Å². The molecule has 1 aromatic rings. The van der Waals surface area contributed by atoms with Crippen molar-refractivity contribution in [2.45, 2.75) is 13.3 Å². The fourth-order valence-corrected chi connectivity index (χ4v) is 1.89. The number of aromatic carboxylic acids is 1. The van der Waals surface area contributed by atoms with Crippen LogP contribution in [-0.4, -0.2) is 30.9 Å². The number of carboxylic acids is 1. The summed E-state index contributed by atoms with van der Waals surface area (Å²) in [6, 6.07) is 2.76. The minimum atomic E-state index is -1.13. The average molecular weight is 293 g/mol. The number of carboxylic acid groups (broad SMARTS) is 1. The van der Waals surface area contributed by atoms with E-state index in [4.69, 9.17) is 37.8 Å². The van der Waals surface area contributed by atoms with Crippen LogP contribution in [0.4, 0.5) is 0 Å². The SMILES string of the molecule is CCOCCCOc1c(Cl)cc(Cl)cc1C(=O)O. The molecule has 0 aliphatic rings. The fourth-order valence-electron chi connectivity index (χ4n) is 1.35. The molecule has 0 spiro atoms. The molecule has 0 amide bonds. The maximum atomic E-state index is 11.0. The highest BCUT2D eigenvalue weighted by molar-refractivity contribution is 6.36. The third kappa shape index (κ3) is 4.37. The van der Waals surface area contributed by atoms with Crippen molar-refractivity contribution in [2.24, 2.45) is 0 Å². The molecular weight excluding hydrogens is 279 g/mol. The number of halogens is 2. The Hall–Kier alpha value is -0.970. The van der Waals surface area contributed by atoms with Crippen molar-refractivity contribution >= 4 is 29.2 Å². The van der Waals surface area contributed by atoms with Gasteiger partial charge in [0.15, 0.2) is 5.75 Å². The lowest BCUT2D eigenvalue weighted by molar-refractivity contribution is 0.0691. The van der Waals surface area contributed by atoms with Crippen LogP contribution >= 0.6 is 23.2 Å². The lowest BCUT2D eigenvalue weighted by Crippen LogP contribution is -2.07. The summed E-state index contributed by atoms with van der Waals surface area (Å²) in [5.41, 5.74) is -0.0380. The maximum absolute atomic E-state index is 11.0. The van der Waals surface area contributed by atoms with Crippen LogP contribution in [0.2, 0.25) is 10.0 Å². The predicted octanol–water partition coefficient (Wildman–Crippen LogP) is 3.50. The molecule has 18 heavy (non-hydrogen) atoms. The largest absolute Gasteiger partial charge is 0.491 e. The molecule has 0 saturated carbocycles. The van der Waals surface area contributed by atoms with Crippen molar-refractivity contribution in [3.63, 3.8) is 0 Å². The molecule has 6 heteroatoms. The topological polar surface area (TPSA) is 55.8 Å². The predicted molar refractivity (Wildman–Crippen MR) is 70.0 cm³/mol. The van der Waals surface area contributed by atoms with Gasteiger partial charge in [-0.1, -0.05) is 23.2 Å².